The first-order valence-electron chi connectivity index (χ1n) is 10.0. The normalized spacial score (nSPS) is 15.9. The molecule has 0 unspecified atom stereocenters. The zero-order valence-corrected chi connectivity index (χ0v) is 17.4. The van der Waals surface area contributed by atoms with Crippen LogP contribution in [0.15, 0.2) is 70.8 Å². The molecule has 1 aliphatic rings. The van der Waals surface area contributed by atoms with Crippen LogP contribution in [0.25, 0.3) is 10.8 Å². The van der Waals surface area contributed by atoms with Crippen LogP contribution < -0.4 is 5.56 Å². The van der Waals surface area contributed by atoms with Crippen LogP contribution in [-0.4, -0.2) is 27.1 Å². The van der Waals surface area contributed by atoms with Crippen LogP contribution in [-0.2, 0) is 17.8 Å². The molecule has 150 valence electrons. The van der Waals surface area contributed by atoms with E-state index in [0.717, 1.165) is 23.1 Å². The standard InChI is InChI=1S/C24H21N3O2S/c1-16-18-9-5-6-10-19(18)24(29)27(25-16)15-22(28)26-13-11-21-20(12-14-30-21)23(26)17-7-3-2-4-8-17/h2-10,12,14,23H,11,13,15H2,1H3/t23-/m0/s1. The Morgan fingerprint density at radius 2 is 1.80 bits per heavy atom. The molecule has 5 nitrogen and oxygen atoms in total. The van der Waals surface area contributed by atoms with Gasteiger partial charge in [-0.05, 0) is 42.0 Å². The average Bonchev–Trinajstić information content (AvgIpc) is 3.26. The van der Waals surface area contributed by atoms with Crippen molar-refractivity contribution in [3.05, 3.63) is 98.1 Å². The van der Waals surface area contributed by atoms with Gasteiger partial charge in [0, 0.05) is 16.8 Å². The van der Waals surface area contributed by atoms with Crippen LogP contribution in [0, 0.1) is 6.92 Å². The Hall–Kier alpha value is -3.25. The number of hydrogen-bond donors (Lipinski definition) is 0. The number of carbonyl (C=O) groups excluding carboxylic acids is 1. The summed E-state index contributed by atoms with van der Waals surface area (Å²) in [5.41, 5.74) is 2.78. The number of benzene rings is 2. The minimum absolute atomic E-state index is 0.0622. The van der Waals surface area contributed by atoms with Gasteiger partial charge < -0.3 is 4.90 Å². The van der Waals surface area contributed by atoms with E-state index in [9.17, 15) is 9.59 Å². The summed E-state index contributed by atoms with van der Waals surface area (Å²) in [6.45, 7) is 2.44. The van der Waals surface area contributed by atoms with Crippen molar-refractivity contribution in [3.63, 3.8) is 0 Å². The van der Waals surface area contributed by atoms with Crippen LogP contribution in [0.2, 0.25) is 0 Å². The highest BCUT2D eigenvalue weighted by Gasteiger charge is 2.33. The van der Waals surface area contributed by atoms with Crippen molar-refractivity contribution >= 4 is 28.0 Å². The Balaban J connectivity index is 1.52. The molecule has 6 heteroatoms. The molecule has 1 aliphatic heterocycles. The first kappa shape index (κ1) is 18.8. The van der Waals surface area contributed by atoms with Gasteiger partial charge in [-0.2, -0.15) is 5.10 Å². The average molecular weight is 416 g/mol. The second-order valence-corrected chi connectivity index (χ2v) is 8.54. The Kier molecular flexibility index (Phi) is 4.71. The fourth-order valence-corrected chi connectivity index (χ4v) is 5.21. The number of fused-ring (bicyclic) bond motifs is 2. The molecular weight excluding hydrogens is 394 g/mol. The third-order valence-electron chi connectivity index (χ3n) is 5.74. The van der Waals surface area contributed by atoms with Gasteiger partial charge in [0.05, 0.1) is 17.1 Å². The van der Waals surface area contributed by atoms with Crippen LogP contribution in [0.1, 0.15) is 27.7 Å². The molecule has 0 saturated heterocycles. The van der Waals surface area contributed by atoms with E-state index < -0.39 is 0 Å². The van der Waals surface area contributed by atoms with Gasteiger partial charge in [-0.1, -0.05) is 48.5 Å². The summed E-state index contributed by atoms with van der Waals surface area (Å²) in [4.78, 5) is 29.6. The van der Waals surface area contributed by atoms with Crippen molar-refractivity contribution in [1.29, 1.82) is 0 Å². The molecule has 4 aromatic rings. The summed E-state index contributed by atoms with van der Waals surface area (Å²) in [7, 11) is 0. The smallest absolute Gasteiger partial charge is 0.275 e. The second kappa shape index (κ2) is 7.54. The number of aryl methyl sites for hydroxylation is 1. The molecule has 2 aromatic heterocycles. The van der Waals surface area contributed by atoms with Crippen molar-refractivity contribution in [3.8, 4) is 0 Å². The molecule has 0 spiro atoms. The molecule has 2 aromatic carbocycles. The third-order valence-corrected chi connectivity index (χ3v) is 6.74. The minimum atomic E-state index is -0.228. The summed E-state index contributed by atoms with van der Waals surface area (Å²) in [5.74, 6) is -0.0926. The number of thiophene rings is 1. The molecule has 1 atom stereocenters. The van der Waals surface area contributed by atoms with Crippen molar-refractivity contribution in [2.75, 3.05) is 6.54 Å². The molecule has 3 heterocycles. The predicted octanol–water partition coefficient (Wildman–Crippen LogP) is 3.94. The molecule has 30 heavy (non-hydrogen) atoms. The maximum Gasteiger partial charge on any atom is 0.275 e. The summed E-state index contributed by atoms with van der Waals surface area (Å²) in [6.07, 6.45) is 0.834. The molecule has 0 aliphatic carbocycles. The summed E-state index contributed by atoms with van der Waals surface area (Å²) >= 11 is 1.74. The van der Waals surface area contributed by atoms with Crippen molar-refractivity contribution in [1.82, 2.24) is 14.7 Å². The van der Waals surface area contributed by atoms with Gasteiger partial charge in [-0.15, -0.1) is 11.3 Å². The first-order chi connectivity index (χ1) is 14.6. The second-order valence-electron chi connectivity index (χ2n) is 7.54. The molecule has 0 bridgehead atoms. The van der Waals surface area contributed by atoms with E-state index in [-0.39, 0.29) is 24.1 Å². The number of hydrogen-bond acceptors (Lipinski definition) is 4. The number of nitrogens with zero attached hydrogens (tertiary/aromatic N) is 3. The zero-order valence-electron chi connectivity index (χ0n) is 16.6. The molecule has 5 rings (SSSR count). The molecular formula is C24H21N3O2S. The maximum absolute atomic E-state index is 13.4. The quantitative estimate of drug-likeness (QED) is 0.509. The van der Waals surface area contributed by atoms with Crippen LogP contribution in [0.3, 0.4) is 0 Å². The highest BCUT2D eigenvalue weighted by molar-refractivity contribution is 7.10. The van der Waals surface area contributed by atoms with Crippen molar-refractivity contribution in [2.24, 2.45) is 0 Å². The van der Waals surface area contributed by atoms with Crippen LogP contribution in [0.4, 0.5) is 0 Å². The van der Waals surface area contributed by atoms with E-state index in [4.69, 9.17) is 0 Å². The molecule has 0 saturated carbocycles. The Bertz CT molecular complexity index is 1290. The Labute approximate surface area is 178 Å². The molecule has 0 fully saturated rings. The first-order valence-corrected chi connectivity index (χ1v) is 10.9. The highest BCUT2D eigenvalue weighted by atomic mass is 32.1. The van der Waals surface area contributed by atoms with Gasteiger partial charge in [0.25, 0.3) is 5.56 Å². The maximum atomic E-state index is 13.4. The van der Waals surface area contributed by atoms with Gasteiger partial charge in [0.15, 0.2) is 0 Å². The number of aromatic nitrogens is 2. The van der Waals surface area contributed by atoms with E-state index in [1.165, 1.54) is 15.1 Å². The number of amides is 1. The van der Waals surface area contributed by atoms with E-state index in [2.05, 4.69) is 28.7 Å². The summed E-state index contributed by atoms with van der Waals surface area (Å²) < 4.78 is 1.31. The van der Waals surface area contributed by atoms with Gasteiger partial charge in [0.2, 0.25) is 5.91 Å². The third kappa shape index (κ3) is 3.13. The van der Waals surface area contributed by atoms with E-state index in [1.807, 2.05) is 48.2 Å². The van der Waals surface area contributed by atoms with Gasteiger partial charge >= 0.3 is 0 Å². The van der Waals surface area contributed by atoms with Crippen molar-refractivity contribution < 1.29 is 4.79 Å². The molecule has 0 radical (unpaired) electrons. The zero-order chi connectivity index (χ0) is 20.7. The van der Waals surface area contributed by atoms with Gasteiger partial charge in [-0.3, -0.25) is 9.59 Å². The topological polar surface area (TPSA) is 55.2 Å². The fourth-order valence-electron chi connectivity index (χ4n) is 4.31. The SMILES string of the molecule is Cc1nn(CC(=O)N2CCc3sccc3[C@@H]2c2ccccc2)c(=O)c2ccccc12. The van der Waals surface area contributed by atoms with Crippen LogP contribution in [0.5, 0.6) is 0 Å². The largest absolute Gasteiger partial charge is 0.330 e. The fraction of sp³-hybridized carbons (Fsp3) is 0.208. The Morgan fingerprint density at radius 1 is 1.07 bits per heavy atom. The van der Waals surface area contributed by atoms with E-state index in [1.54, 1.807) is 17.4 Å². The highest BCUT2D eigenvalue weighted by Crippen LogP contribution is 2.37. The lowest BCUT2D eigenvalue weighted by Crippen LogP contribution is -2.43. The summed E-state index contributed by atoms with van der Waals surface area (Å²) in [5, 5.41) is 7.94. The lowest BCUT2D eigenvalue weighted by atomic mass is 9.93. The van der Waals surface area contributed by atoms with Crippen molar-refractivity contribution in [2.45, 2.75) is 25.9 Å². The minimum Gasteiger partial charge on any atom is -0.330 e. The van der Waals surface area contributed by atoms with Crippen LogP contribution >= 0.6 is 11.3 Å². The van der Waals surface area contributed by atoms with E-state index in [0.29, 0.717) is 11.9 Å². The van der Waals surface area contributed by atoms with Gasteiger partial charge in [-0.25, -0.2) is 4.68 Å². The van der Waals surface area contributed by atoms with Gasteiger partial charge in [0.1, 0.15) is 6.54 Å². The lowest BCUT2D eigenvalue weighted by molar-refractivity contribution is -0.134. The molecule has 1 amide bonds. The van der Waals surface area contributed by atoms with E-state index >= 15 is 0 Å². The predicted molar refractivity (Wildman–Crippen MR) is 119 cm³/mol. The summed E-state index contributed by atoms with van der Waals surface area (Å²) in [6, 6.07) is 19.5. The number of rotatable bonds is 3. The molecule has 0 N–H and O–H groups in total. The number of carbonyl (C=O) groups is 1. The lowest BCUT2D eigenvalue weighted by Gasteiger charge is -2.36. The Morgan fingerprint density at radius 3 is 2.60 bits per heavy atom. The monoisotopic (exact) mass is 415 g/mol.